The van der Waals surface area contributed by atoms with Gasteiger partial charge in [0.15, 0.2) is 0 Å². The minimum absolute atomic E-state index is 0.0637. The van der Waals surface area contributed by atoms with Crippen molar-refractivity contribution in [2.75, 3.05) is 18.8 Å². The minimum Gasteiger partial charge on any atom is -0.355 e. The van der Waals surface area contributed by atoms with Crippen molar-refractivity contribution >= 4 is 29.5 Å². The van der Waals surface area contributed by atoms with Gasteiger partial charge < -0.3 is 5.32 Å². The summed E-state index contributed by atoms with van der Waals surface area (Å²) in [5.41, 5.74) is 2.54. The minimum atomic E-state index is -0.132. The number of carbonyl (C=O) groups excluding carboxylic acids is 3. The van der Waals surface area contributed by atoms with Crippen LogP contribution in [-0.2, 0) is 20.1 Å². The molecule has 0 bridgehead atoms. The maximum atomic E-state index is 12.4. The van der Waals surface area contributed by atoms with Crippen LogP contribution in [0.1, 0.15) is 43.2 Å². The predicted molar refractivity (Wildman–Crippen MR) is 107 cm³/mol. The van der Waals surface area contributed by atoms with Gasteiger partial charge in [-0.15, -0.1) is 0 Å². The number of nitrogens with one attached hydrogen (secondary N) is 1. The molecular formula is C21H28N2O3S. The Morgan fingerprint density at radius 1 is 1.11 bits per heavy atom. The number of fused-ring (bicyclic) bond motifs is 1. The van der Waals surface area contributed by atoms with Crippen LogP contribution in [0.15, 0.2) is 24.3 Å². The van der Waals surface area contributed by atoms with Crippen molar-refractivity contribution in [2.24, 2.45) is 11.8 Å². The molecule has 2 atom stereocenters. The van der Waals surface area contributed by atoms with E-state index >= 15 is 0 Å². The Kier molecular flexibility index (Phi) is 6.94. The Morgan fingerprint density at radius 2 is 1.74 bits per heavy atom. The molecular weight excluding hydrogens is 360 g/mol. The van der Waals surface area contributed by atoms with Crippen molar-refractivity contribution in [1.29, 1.82) is 0 Å². The quantitative estimate of drug-likeness (QED) is 0.549. The number of likely N-dealkylation sites (tertiary alicyclic amines) is 1. The van der Waals surface area contributed by atoms with E-state index in [2.05, 4.69) is 36.5 Å². The molecule has 1 N–H and O–H groups in total. The molecule has 27 heavy (non-hydrogen) atoms. The van der Waals surface area contributed by atoms with Crippen molar-refractivity contribution in [3.05, 3.63) is 35.4 Å². The summed E-state index contributed by atoms with van der Waals surface area (Å²) in [5.74, 6) is 1.28. The zero-order valence-corrected chi connectivity index (χ0v) is 16.7. The fourth-order valence-electron chi connectivity index (χ4n) is 3.89. The zero-order valence-electron chi connectivity index (χ0n) is 15.9. The lowest BCUT2D eigenvalue weighted by atomic mass is 9.81. The number of benzene rings is 1. The predicted octanol–water partition coefficient (Wildman–Crippen LogP) is 2.91. The van der Waals surface area contributed by atoms with Crippen molar-refractivity contribution < 1.29 is 14.4 Å². The second-order valence-corrected chi connectivity index (χ2v) is 8.57. The maximum absolute atomic E-state index is 12.4. The molecule has 1 saturated carbocycles. The van der Waals surface area contributed by atoms with E-state index in [1.807, 2.05) is 0 Å². The highest BCUT2D eigenvalue weighted by Crippen LogP contribution is 2.37. The normalized spacial score (nSPS) is 22.0. The van der Waals surface area contributed by atoms with Crippen LogP contribution in [0.3, 0.4) is 0 Å². The third kappa shape index (κ3) is 5.12. The van der Waals surface area contributed by atoms with Gasteiger partial charge in [-0.3, -0.25) is 19.3 Å². The number of nitrogens with zero attached hydrogens (tertiary/aromatic N) is 1. The summed E-state index contributed by atoms with van der Waals surface area (Å²) < 4.78 is 0. The van der Waals surface area contributed by atoms with Crippen molar-refractivity contribution in [2.45, 2.75) is 44.8 Å². The van der Waals surface area contributed by atoms with Gasteiger partial charge in [-0.1, -0.05) is 42.7 Å². The van der Waals surface area contributed by atoms with E-state index in [9.17, 15) is 14.4 Å². The smallest absolute Gasteiger partial charge is 0.233 e. The third-order valence-corrected chi connectivity index (χ3v) is 6.48. The number of aryl methyl sites for hydroxylation is 1. The molecule has 0 radical (unpaired) electrons. The van der Waals surface area contributed by atoms with Gasteiger partial charge in [0.2, 0.25) is 17.7 Å². The van der Waals surface area contributed by atoms with E-state index in [0.717, 1.165) is 37.2 Å². The number of rotatable bonds is 8. The number of thioether (sulfide) groups is 1. The monoisotopic (exact) mass is 388 g/mol. The lowest BCUT2D eigenvalue weighted by Gasteiger charge is -2.19. The SMILES string of the molecule is Cc1ccc(CSCCNC(=O)CCN2C(=O)[C@@H]3CCCC[C@H]3C2=O)cc1. The Balaban J connectivity index is 1.32. The van der Waals surface area contributed by atoms with Gasteiger partial charge in [-0.25, -0.2) is 0 Å². The van der Waals surface area contributed by atoms with Crippen molar-refractivity contribution in [3.63, 3.8) is 0 Å². The fourth-order valence-corrected chi connectivity index (χ4v) is 4.71. The summed E-state index contributed by atoms with van der Waals surface area (Å²) in [7, 11) is 0. The molecule has 0 aromatic heterocycles. The van der Waals surface area contributed by atoms with Gasteiger partial charge in [0, 0.05) is 31.0 Å². The van der Waals surface area contributed by atoms with Crippen LogP contribution in [0, 0.1) is 18.8 Å². The highest BCUT2D eigenvalue weighted by Gasteiger charge is 2.47. The van der Waals surface area contributed by atoms with Crippen LogP contribution in [0.2, 0.25) is 0 Å². The summed E-state index contributed by atoms with van der Waals surface area (Å²) in [5, 5.41) is 2.89. The van der Waals surface area contributed by atoms with Gasteiger partial charge in [-0.05, 0) is 25.3 Å². The Morgan fingerprint density at radius 3 is 2.37 bits per heavy atom. The summed E-state index contributed by atoms with van der Waals surface area (Å²) in [4.78, 5) is 38.1. The number of amides is 3. The molecule has 2 aliphatic rings. The topological polar surface area (TPSA) is 66.5 Å². The standard InChI is InChI=1S/C21H28N2O3S/c1-15-6-8-16(9-7-15)14-27-13-11-22-19(24)10-12-23-20(25)17-4-2-3-5-18(17)21(23)26/h6-9,17-18H,2-5,10-14H2,1H3,(H,22,24)/t17-,18-/m1/s1. The molecule has 146 valence electrons. The van der Waals surface area contributed by atoms with Crippen LogP contribution < -0.4 is 5.32 Å². The largest absolute Gasteiger partial charge is 0.355 e. The van der Waals surface area contributed by atoms with E-state index in [4.69, 9.17) is 0 Å². The number of imide groups is 1. The van der Waals surface area contributed by atoms with Crippen LogP contribution in [0.5, 0.6) is 0 Å². The Bertz CT molecular complexity index is 665. The molecule has 1 aliphatic heterocycles. The average molecular weight is 389 g/mol. The molecule has 1 aliphatic carbocycles. The van der Waals surface area contributed by atoms with Crippen LogP contribution in [0.4, 0.5) is 0 Å². The van der Waals surface area contributed by atoms with E-state index in [1.165, 1.54) is 16.0 Å². The van der Waals surface area contributed by atoms with Gasteiger partial charge in [0.1, 0.15) is 0 Å². The molecule has 1 heterocycles. The van der Waals surface area contributed by atoms with Crippen LogP contribution >= 0.6 is 11.8 Å². The molecule has 1 aromatic carbocycles. The second-order valence-electron chi connectivity index (χ2n) is 7.46. The Hall–Kier alpha value is -1.82. The first-order valence-electron chi connectivity index (χ1n) is 9.81. The van der Waals surface area contributed by atoms with E-state index in [0.29, 0.717) is 6.54 Å². The van der Waals surface area contributed by atoms with E-state index in [1.54, 1.807) is 11.8 Å². The van der Waals surface area contributed by atoms with Gasteiger partial charge in [0.05, 0.1) is 11.8 Å². The lowest BCUT2D eigenvalue weighted by molar-refractivity contribution is -0.140. The molecule has 2 fully saturated rings. The van der Waals surface area contributed by atoms with Crippen LogP contribution in [0.25, 0.3) is 0 Å². The highest BCUT2D eigenvalue weighted by atomic mass is 32.2. The summed E-state index contributed by atoms with van der Waals surface area (Å²) in [6.45, 7) is 2.89. The molecule has 5 nitrogen and oxygen atoms in total. The summed E-state index contributed by atoms with van der Waals surface area (Å²) >= 11 is 1.78. The first-order chi connectivity index (χ1) is 13.1. The molecule has 1 aromatic rings. The average Bonchev–Trinajstić information content (AvgIpc) is 2.92. The lowest BCUT2D eigenvalue weighted by Crippen LogP contribution is -2.36. The van der Waals surface area contributed by atoms with Crippen molar-refractivity contribution in [3.8, 4) is 0 Å². The van der Waals surface area contributed by atoms with Gasteiger partial charge >= 0.3 is 0 Å². The number of hydrogen-bond donors (Lipinski definition) is 1. The number of hydrogen-bond acceptors (Lipinski definition) is 4. The fraction of sp³-hybridized carbons (Fsp3) is 0.571. The van der Waals surface area contributed by atoms with Crippen LogP contribution in [-0.4, -0.2) is 41.5 Å². The Labute approximate surface area is 165 Å². The highest BCUT2D eigenvalue weighted by molar-refractivity contribution is 7.98. The molecule has 6 heteroatoms. The second kappa shape index (κ2) is 9.40. The van der Waals surface area contributed by atoms with Gasteiger partial charge in [0.25, 0.3) is 0 Å². The molecule has 0 unspecified atom stereocenters. The molecule has 3 amide bonds. The summed E-state index contributed by atoms with van der Waals surface area (Å²) in [6, 6.07) is 8.47. The zero-order chi connectivity index (χ0) is 19.2. The number of carbonyl (C=O) groups is 3. The summed E-state index contributed by atoms with van der Waals surface area (Å²) in [6.07, 6.45) is 3.87. The van der Waals surface area contributed by atoms with E-state index < -0.39 is 0 Å². The third-order valence-electron chi connectivity index (χ3n) is 5.45. The molecule has 0 spiro atoms. The maximum Gasteiger partial charge on any atom is 0.233 e. The first kappa shape index (κ1) is 19.9. The van der Waals surface area contributed by atoms with Crippen molar-refractivity contribution in [1.82, 2.24) is 10.2 Å². The first-order valence-corrected chi connectivity index (χ1v) is 11.0. The van der Waals surface area contributed by atoms with E-state index in [-0.39, 0.29) is 42.5 Å². The van der Waals surface area contributed by atoms with Gasteiger partial charge in [-0.2, -0.15) is 11.8 Å². The molecule has 1 saturated heterocycles. The molecule has 3 rings (SSSR count).